The van der Waals surface area contributed by atoms with Crippen molar-refractivity contribution in [3.8, 4) is 5.75 Å². The molecule has 0 radical (unpaired) electrons. The van der Waals surface area contributed by atoms with Crippen LogP contribution < -0.4 is 15.8 Å². The van der Waals surface area contributed by atoms with Crippen LogP contribution >= 0.6 is 0 Å². The van der Waals surface area contributed by atoms with Crippen LogP contribution in [0.2, 0.25) is 0 Å². The number of alkyl halides is 3. The smallest absolute Gasteiger partial charge is 0.406 e. The zero-order chi connectivity index (χ0) is 21.0. The number of carbonyl (C=O) groups excluding carboxylic acids is 1. The number of para-hydroxylation sites is 1. The third-order valence-electron chi connectivity index (χ3n) is 4.31. The fourth-order valence-corrected chi connectivity index (χ4v) is 3.11. The third kappa shape index (κ3) is 4.92. The number of anilines is 1. The molecule has 0 unspecified atom stereocenters. The molecule has 1 aromatic heterocycles. The number of nitrogens with one attached hydrogen (secondary N) is 1. The second kappa shape index (κ2) is 8.34. The average Bonchev–Trinajstić information content (AvgIpc) is 2.66. The molecule has 2 aromatic carbocycles. The molecule has 6 nitrogen and oxygen atoms in total. The van der Waals surface area contributed by atoms with Crippen molar-refractivity contribution in [3.63, 3.8) is 0 Å². The van der Waals surface area contributed by atoms with Gasteiger partial charge in [0.15, 0.2) is 0 Å². The van der Waals surface area contributed by atoms with Gasteiger partial charge in [0.25, 0.3) is 5.91 Å². The van der Waals surface area contributed by atoms with Gasteiger partial charge in [0.2, 0.25) is 0 Å². The Labute approximate surface area is 164 Å². The molecule has 1 amide bonds. The molecular weight excluding hydrogens is 385 g/mol. The summed E-state index contributed by atoms with van der Waals surface area (Å²) in [5.41, 5.74) is 6.70. The van der Waals surface area contributed by atoms with E-state index in [1.54, 1.807) is 24.3 Å². The molecule has 0 aliphatic heterocycles. The van der Waals surface area contributed by atoms with Crippen LogP contribution in [0.15, 0.2) is 48.8 Å². The second-order valence-electron chi connectivity index (χ2n) is 6.39. The number of nitrogens with zero attached hydrogens (tertiary/aromatic N) is 2. The Balaban J connectivity index is 1.97. The predicted molar refractivity (Wildman–Crippen MR) is 102 cm³/mol. The molecule has 1 heterocycles. The number of nitrogens with two attached hydrogens (primary N) is 1. The van der Waals surface area contributed by atoms with Gasteiger partial charge in [-0.05, 0) is 36.2 Å². The van der Waals surface area contributed by atoms with Gasteiger partial charge in [-0.3, -0.25) is 4.79 Å². The molecule has 0 spiro atoms. The van der Waals surface area contributed by atoms with Gasteiger partial charge in [-0.15, -0.1) is 13.2 Å². The van der Waals surface area contributed by atoms with Crippen molar-refractivity contribution >= 4 is 22.6 Å². The molecule has 9 heteroatoms. The highest BCUT2D eigenvalue weighted by Gasteiger charge is 2.31. The summed E-state index contributed by atoms with van der Waals surface area (Å²) in [6, 6.07) is 10.5. The van der Waals surface area contributed by atoms with E-state index in [4.69, 9.17) is 5.73 Å². The van der Waals surface area contributed by atoms with Crippen molar-refractivity contribution in [2.75, 3.05) is 5.32 Å². The number of primary amides is 1. The topological polar surface area (TPSA) is 90.1 Å². The Morgan fingerprint density at radius 2 is 1.97 bits per heavy atom. The number of fused-ring (bicyclic) bond motifs is 1. The lowest BCUT2D eigenvalue weighted by atomic mass is 10.0. The zero-order valence-corrected chi connectivity index (χ0v) is 15.5. The maximum absolute atomic E-state index is 12.6. The van der Waals surface area contributed by atoms with E-state index in [9.17, 15) is 18.0 Å². The molecule has 0 saturated heterocycles. The monoisotopic (exact) mass is 404 g/mol. The summed E-state index contributed by atoms with van der Waals surface area (Å²) in [6.07, 6.45) is -2.04. The number of ether oxygens (including phenoxy) is 1. The lowest BCUT2D eigenvalue weighted by Gasteiger charge is -2.21. The minimum atomic E-state index is -4.76. The van der Waals surface area contributed by atoms with Gasteiger partial charge < -0.3 is 15.8 Å². The van der Waals surface area contributed by atoms with Crippen LogP contribution in [0, 0.1) is 0 Å². The maximum Gasteiger partial charge on any atom is 0.573 e. The van der Waals surface area contributed by atoms with Crippen molar-refractivity contribution in [1.82, 2.24) is 9.97 Å². The van der Waals surface area contributed by atoms with E-state index < -0.39 is 12.3 Å². The number of amides is 1. The van der Waals surface area contributed by atoms with Crippen molar-refractivity contribution < 1.29 is 22.7 Å². The molecule has 0 bridgehead atoms. The minimum absolute atomic E-state index is 0.264. The standard InChI is InChI=1S/C20H19F3N4O2/c1-2-5-16(12-6-3-7-13(10-12)29-20(21,22)23)27-19-15-9-4-8-14(18(24)28)17(15)25-11-26-19/h3-4,6-11,16H,2,5H2,1H3,(H2,24,28)(H,25,26,27)/t16-/m1/s1. The first kappa shape index (κ1) is 20.4. The summed E-state index contributed by atoms with van der Waals surface area (Å²) in [6.45, 7) is 1.97. The van der Waals surface area contributed by atoms with Crippen LogP contribution in [-0.2, 0) is 0 Å². The molecule has 152 valence electrons. The van der Waals surface area contributed by atoms with Gasteiger partial charge in [-0.25, -0.2) is 9.97 Å². The van der Waals surface area contributed by atoms with E-state index >= 15 is 0 Å². The Morgan fingerprint density at radius 1 is 1.21 bits per heavy atom. The van der Waals surface area contributed by atoms with Crippen molar-refractivity contribution in [2.45, 2.75) is 32.2 Å². The van der Waals surface area contributed by atoms with Crippen LogP contribution in [0.25, 0.3) is 10.9 Å². The third-order valence-corrected chi connectivity index (χ3v) is 4.31. The Hall–Kier alpha value is -3.36. The highest BCUT2D eigenvalue weighted by atomic mass is 19.4. The minimum Gasteiger partial charge on any atom is -0.406 e. The quantitative estimate of drug-likeness (QED) is 0.602. The van der Waals surface area contributed by atoms with E-state index in [0.29, 0.717) is 28.7 Å². The molecule has 1 atom stereocenters. The van der Waals surface area contributed by atoms with Crippen LogP contribution in [0.4, 0.5) is 19.0 Å². The Kier molecular flexibility index (Phi) is 5.86. The largest absolute Gasteiger partial charge is 0.573 e. The number of carbonyl (C=O) groups is 1. The molecule has 0 fully saturated rings. The summed E-state index contributed by atoms with van der Waals surface area (Å²) < 4.78 is 41.7. The van der Waals surface area contributed by atoms with E-state index in [-0.39, 0.29) is 17.4 Å². The van der Waals surface area contributed by atoms with E-state index in [0.717, 1.165) is 6.42 Å². The SMILES string of the molecule is CCC[C@@H](Nc1ncnc2c(C(N)=O)cccc12)c1cccc(OC(F)(F)F)c1. The van der Waals surface area contributed by atoms with Gasteiger partial charge in [0.05, 0.1) is 17.1 Å². The molecule has 3 rings (SSSR count). The maximum atomic E-state index is 12.6. The normalized spacial score (nSPS) is 12.6. The molecule has 0 saturated carbocycles. The van der Waals surface area contributed by atoms with Crippen LogP contribution in [0.3, 0.4) is 0 Å². The van der Waals surface area contributed by atoms with Gasteiger partial charge in [-0.1, -0.05) is 31.5 Å². The highest BCUT2D eigenvalue weighted by molar-refractivity contribution is 6.06. The fraction of sp³-hybridized carbons (Fsp3) is 0.250. The van der Waals surface area contributed by atoms with Gasteiger partial charge in [0, 0.05) is 5.39 Å². The number of hydrogen-bond donors (Lipinski definition) is 2. The molecule has 0 aliphatic carbocycles. The Bertz CT molecular complexity index is 1020. The zero-order valence-electron chi connectivity index (χ0n) is 15.5. The van der Waals surface area contributed by atoms with E-state index in [1.807, 2.05) is 6.92 Å². The molecule has 3 aromatic rings. The van der Waals surface area contributed by atoms with Crippen molar-refractivity contribution in [1.29, 1.82) is 0 Å². The molecular formula is C20H19F3N4O2. The first-order valence-electron chi connectivity index (χ1n) is 8.94. The van der Waals surface area contributed by atoms with Gasteiger partial charge in [-0.2, -0.15) is 0 Å². The highest BCUT2D eigenvalue weighted by Crippen LogP contribution is 2.31. The fourth-order valence-electron chi connectivity index (χ4n) is 3.11. The number of aromatic nitrogens is 2. The summed E-state index contributed by atoms with van der Waals surface area (Å²) in [5, 5.41) is 3.85. The van der Waals surface area contributed by atoms with Crippen LogP contribution in [-0.4, -0.2) is 22.2 Å². The number of hydrogen-bond acceptors (Lipinski definition) is 5. The molecule has 29 heavy (non-hydrogen) atoms. The van der Waals surface area contributed by atoms with Gasteiger partial charge >= 0.3 is 6.36 Å². The number of halogens is 3. The lowest BCUT2D eigenvalue weighted by molar-refractivity contribution is -0.274. The van der Waals surface area contributed by atoms with Crippen LogP contribution in [0.5, 0.6) is 5.75 Å². The van der Waals surface area contributed by atoms with Gasteiger partial charge in [0.1, 0.15) is 17.9 Å². The van der Waals surface area contributed by atoms with Crippen LogP contribution in [0.1, 0.15) is 41.7 Å². The second-order valence-corrected chi connectivity index (χ2v) is 6.39. The first-order chi connectivity index (χ1) is 13.8. The summed E-state index contributed by atoms with van der Waals surface area (Å²) >= 11 is 0. The van der Waals surface area contributed by atoms with E-state index in [1.165, 1.54) is 24.5 Å². The Morgan fingerprint density at radius 3 is 2.66 bits per heavy atom. The van der Waals surface area contributed by atoms with Crippen molar-refractivity contribution in [3.05, 3.63) is 59.9 Å². The summed E-state index contributed by atoms with van der Waals surface area (Å²) in [4.78, 5) is 20.1. The lowest BCUT2D eigenvalue weighted by Crippen LogP contribution is -2.18. The van der Waals surface area contributed by atoms with E-state index in [2.05, 4.69) is 20.0 Å². The summed E-state index contributed by atoms with van der Waals surface area (Å²) in [7, 11) is 0. The molecule has 3 N–H and O–H groups in total. The number of benzene rings is 2. The summed E-state index contributed by atoms with van der Waals surface area (Å²) in [5.74, 6) is -0.442. The average molecular weight is 404 g/mol. The van der Waals surface area contributed by atoms with Crippen molar-refractivity contribution in [2.24, 2.45) is 5.73 Å². The number of rotatable bonds is 7. The molecule has 0 aliphatic rings. The predicted octanol–water partition coefficient (Wildman–Crippen LogP) is 4.58. The first-order valence-corrected chi connectivity index (χ1v) is 8.94.